The molecule has 0 amide bonds. The van der Waals surface area contributed by atoms with Crippen molar-refractivity contribution in [1.29, 1.82) is 0 Å². The number of thiocarbonyl (C=S) groups is 1. The standard InChI is InChI=1S/C5H8N4OS2/c6-2-1-3(10)4(11)5(12)8-9-7/h5,12H,1-2,6H2/t5-/m1/s1. The topological polar surface area (TPSA) is 91.9 Å². The Labute approximate surface area is 80.3 Å². The zero-order valence-electron chi connectivity index (χ0n) is 6.17. The number of hydrogen-bond acceptors (Lipinski definition) is 5. The van der Waals surface area contributed by atoms with E-state index in [4.69, 9.17) is 11.3 Å². The average Bonchev–Trinajstić information content (AvgIpc) is 2.04. The molecule has 7 heteroatoms. The molecule has 0 aromatic rings. The van der Waals surface area contributed by atoms with Gasteiger partial charge in [-0.2, -0.15) is 12.6 Å². The molecular formula is C5H8N4OS2. The normalized spacial score (nSPS) is 11.5. The van der Waals surface area contributed by atoms with Gasteiger partial charge in [0.1, 0.15) is 5.37 Å². The van der Waals surface area contributed by atoms with Crippen molar-refractivity contribution in [1.82, 2.24) is 0 Å². The fourth-order valence-corrected chi connectivity index (χ4v) is 0.839. The molecule has 0 heterocycles. The van der Waals surface area contributed by atoms with Gasteiger partial charge in [0.25, 0.3) is 0 Å². The Morgan fingerprint density at radius 2 is 2.42 bits per heavy atom. The molecular weight excluding hydrogens is 196 g/mol. The Kier molecular flexibility index (Phi) is 5.65. The van der Waals surface area contributed by atoms with Gasteiger partial charge in [0.2, 0.25) is 0 Å². The first-order chi connectivity index (χ1) is 5.63. The van der Waals surface area contributed by atoms with Crippen molar-refractivity contribution in [2.75, 3.05) is 6.54 Å². The second kappa shape index (κ2) is 5.96. The average molecular weight is 204 g/mol. The molecule has 0 aliphatic rings. The number of thiol groups is 1. The first-order valence-electron chi connectivity index (χ1n) is 3.13. The minimum absolute atomic E-state index is 0.0154. The van der Waals surface area contributed by atoms with Crippen molar-refractivity contribution in [2.45, 2.75) is 11.8 Å². The lowest BCUT2D eigenvalue weighted by molar-refractivity contribution is -0.112. The van der Waals surface area contributed by atoms with E-state index < -0.39 is 5.37 Å². The quantitative estimate of drug-likeness (QED) is 0.228. The molecule has 5 nitrogen and oxygen atoms in total. The maximum atomic E-state index is 11.0. The number of ketones is 1. The molecule has 0 saturated heterocycles. The van der Waals surface area contributed by atoms with Crippen LogP contribution in [0.4, 0.5) is 0 Å². The van der Waals surface area contributed by atoms with Crippen LogP contribution in [0, 0.1) is 0 Å². The third-order valence-corrected chi connectivity index (χ3v) is 2.03. The number of nitrogens with zero attached hydrogens (tertiary/aromatic N) is 3. The minimum Gasteiger partial charge on any atom is -0.330 e. The summed E-state index contributed by atoms with van der Waals surface area (Å²) in [5.41, 5.74) is 13.1. The van der Waals surface area contributed by atoms with Gasteiger partial charge in [-0.3, -0.25) is 4.79 Å². The zero-order valence-corrected chi connectivity index (χ0v) is 7.89. The number of carbonyl (C=O) groups excluding carboxylic acids is 1. The van der Waals surface area contributed by atoms with Crippen LogP contribution in [0.1, 0.15) is 6.42 Å². The largest absolute Gasteiger partial charge is 0.330 e. The molecule has 0 unspecified atom stereocenters. The van der Waals surface area contributed by atoms with Crippen molar-refractivity contribution in [3.63, 3.8) is 0 Å². The number of carbonyl (C=O) groups is 1. The molecule has 0 radical (unpaired) electrons. The van der Waals surface area contributed by atoms with E-state index >= 15 is 0 Å². The molecule has 0 bridgehead atoms. The van der Waals surface area contributed by atoms with Crippen LogP contribution in [0.25, 0.3) is 10.4 Å². The maximum absolute atomic E-state index is 11.0. The van der Waals surface area contributed by atoms with Gasteiger partial charge in [0.15, 0.2) is 5.78 Å². The summed E-state index contributed by atoms with van der Waals surface area (Å²) in [6, 6.07) is 0. The lowest BCUT2D eigenvalue weighted by atomic mass is 10.2. The molecule has 0 spiro atoms. The van der Waals surface area contributed by atoms with Crippen LogP contribution in [0.3, 0.4) is 0 Å². The van der Waals surface area contributed by atoms with E-state index in [0.717, 1.165) is 0 Å². The summed E-state index contributed by atoms with van der Waals surface area (Å²) in [5.74, 6) is -0.292. The van der Waals surface area contributed by atoms with Crippen molar-refractivity contribution < 1.29 is 4.79 Å². The van der Waals surface area contributed by atoms with Gasteiger partial charge < -0.3 is 5.73 Å². The SMILES string of the molecule is [N-]=[N+]=N[C@H](S)C(=S)C(=O)CCN. The molecule has 0 aromatic carbocycles. The summed E-state index contributed by atoms with van der Waals surface area (Å²) in [6.45, 7) is 0.232. The number of rotatable bonds is 5. The first kappa shape index (κ1) is 11.4. The van der Waals surface area contributed by atoms with Crippen LogP contribution in [-0.4, -0.2) is 22.6 Å². The third-order valence-electron chi connectivity index (χ3n) is 1.04. The summed E-state index contributed by atoms with van der Waals surface area (Å²) in [6.07, 6.45) is 0.164. The molecule has 12 heavy (non-hydrogen) atoms. The van der Waals surface area contributed by atoms with E-state index in [1.54, 1.807) is 0 Å². The molecule has 2 N–H and O–H groups in total. The van der Waals surface area contributed by atoms with Gasteiger partial charge in [0.05, 0.1) is 4.86 Å². The second-order valence-electron chi connectivity index (χ2n) is 1.90. The van der Waals surface area contributed by atoms with E-state index in [0.29, 0.717) is 0 Å². The third kappa shape index (κ3) is 3.68. The zero-order chi connectivity index (χ0) is 9.56. The van der Waals surface area contributed by atoms with Gasteiger partial charge in [0, 0.05) is 11.3 Å². The molecule has 0 aliphatic heterocycles. The predicted molar refractivity (Wildman–Crippen MR) is 53.2 cm³/mol. The molecule has 0 fully saturated rings. The van der Waals surface area contributed by atoms with Crippen molar-refractivity contribution >= 4 is 35.5 Å². The summed E-state index contributed by atoms with van der Waals surface area (Å²) >= 11 is 8.50. The van der Waals surface area contributed by atoms with Crippen LogP contribution in [-0.2, 0) is 4.79 Å². The van der Waals surface area contributed by atoms with Gasteiger partial charge in [-0.15, -0.1) is 0 Å². The summed E-state index contributed by atoms with van der Waals surface area (Å²) < 4.78 is 0. The van der Waals surface area contributed by atoms with E-state index in [2.05, 4.69) is 34.9 Å². The first-order valence-corrected chi connectivity index (χ1v) is 4.05. The number of nitrogens with two attached hydrogens (primary N) is 1. The van der Waals surface area contributed by atoms with Crippen molar-refractivity contribution in [3.8, 4) is 0 Å². The molecule has 0 rings (SSSR count). The highest BCUT2D eigenvalue weighted by atomic mass is 32.1. The van der Waals surface area contributed by atoms with Crippen LogP contribution in [0.2, 0.25) is 0 Å². The second-order valence-corrected chi connectivity index (χ2v) is 2.83. The molecule has 0 saturated carbocycles. The highest BCUT2D eigenvalue weighted by molar-refractivity contribution is 7.88. The van der Waals surface area contributed by atoms with Crippen molar-refractivity contribution in [3.05, 3.63) is 10.4 Å². The van der Waals surface area contributed by atoms with Crippen LogP contribution in [0.5, 0.6) is 0 Å². The lowest BCUT2D eigenvalue weighted by Crippen LogP contribution is -2.22. The summed E-state index contributed by atoms with van der Waals surface area (Å²) in [7, 11) is 0. The van der Waals surface area contributed by atoms with Crippen LogP contribution < -0.4 is 5.73 Å². The van der Waals surface area contributed by atoms with E-state index in [9.17, 15) is 4.79 Å². The summed E-state index contributed by atoms with van der Waals surface area (Å²) in [5, 5.41) is 2.31. The molecule has 66 valence electrons. The Balaban J connectivity index is 4.18. The Hall–Kier alpha value is -0.620. The molecule has 0 aromatic heterocycles. The lowest BCUT2D eigenvalue weighted by Gasteiger charge is -2.02. The number of Topliss-reactive ketones (excluding diaryl/α,β-unsaturated/α-hetero) is 1. The minimum atomic E-state index is -0.857. The van der Waals surface area contributed by atoms with Crippen LogP contribution >= 0.6 is 24.8 Å². The van der Waals surface area contributed by atoms with Crippen LogP contribution in [0.15, 0.2) is 5.11 Å². The van der Waals surface area contributed by atoms with E-state index in [1.807, 2.05) is 0 Å². The Morgan fingerprint density at radius 3 is 2.83 bits per heavy atom. The van der Waals surface area contributed by atoms with Gasteiger partial charge in [-0.1, -0.05) is 17.3 Å². The van der Waals surface area contributed by atoms with E-state index in [-0.39, 0.29) is 23.6 Å². The molecule has 0 aliphatic carbocycles. The highest BCUT2D eigenvalue weighted by Gasteiger charge is 2.14. The van der Waals surface area contributed by atoms with E-state index in [1.165, 1.54) is 0 Å². The predicted octanol–water partition coefficient (Wildman–Crippen LogP) is 0.840. The maximum Gasteiger partial charge on any atom is 0.172 e. The number of azide groups is 1. The summed E-state index contributed by atoms with van der Waals surface area (Å²) in [4.78, 5) is 13.5. The Morgan fingerprint density at radius 1 is 1.83 bits per heavy atom. The monoisotopic (exact) mass is 204 g/mol. The van der Waals surface area contributed by atoms with Gasteiger partial charge >= 0.3 is 0 Å². The Bertz CT molecular complexity index is 236. The highest BCUT2D eigenvalue weighted by Crippen LogP contribution is 2.03. The molecule has 1 atom stereocenters. The smallest absolute Gasteiger partial charge is 0.172 e. The fraction of sp³-hybridized carbons (Fsp3) is 0.600. The fourth-order valence-electron chi connectivity index (χ4n) is 0.500. The van der Waals surface area contributed by atoms with Crippen molar-refractivity contribution in [2.24, 2.45) is 10.8 Å². The van der Waals surface area contributed by atoms with Gasteiger partial charge in [-0.25, -0.2) is 0 Å². The van der Waals surface area contributed by atoms with Gasteiger partial charge in [-0.05, 0) is 12.1 Å². The number of hydrogen-bond donors (Lipinski definition) is 2.